The lowest BCUT2D eigenvalue weighted by Gasteiger charge is -2.29. The highest BCUT2D eigenvalue weighted by Gasteiger charge is 2.42. The van der Waals surface area contributed by atoms with Gasteiger partial charge in [-0.3, -0.25) is 14.9 Å². The maximum atomic E-state index is 13.0. The Kier molecular flexibility index (Phi) is 6.13. The maximum Gasteiger partial charge on any atom is 0.416 e. The number of rotatable bonds is 6. The monoisotopic (exact) mass is 478 g/mol. The number of nitrogens with one attached hydrogen (secondary N) is 2. The minimum absolute atomic E-state index is 0.0105. The molecule has 1 aliphatic heterocycles. The molecule has 0 fully saturated rings. The number of amides is 1. The van der Waals surface area contributed by atoms with Crippen LogP contribution in [0.5, 0.6) is 0 Å². The standard InChI is InChI=1S/C22H25F3N6O3/c1-21-12-13(18(32)29-33-10-9-30(2)3)5-8-17(21)31(4)19(28-21)27-20-26-15-7-6-14(22(23,24)25)11-16(15)34-20/h5-8,11H,9-10,12H2,1-4H3,(H,29,32)(H,26,27,28). The predicted molar refractivity (Wildman–Crippen MR) is 120 cm³/mol. The Hall–Kier alpha value is -3.38. The number of fused-ring (bicyclic) bond motifs is 2. The Balaban J connectivity index is 1.47. The molecular formula is C22H25F3N6O3. The molecule has 1 aliphatic carbocycles. The molecule has 1 atom stereocenters. The second-order valence-corrected chi connectivity index (χ2v) is 8.60. The smallest absolute Gasteiger partial charge is 0.416 e. The van der Waals surface area contributed by atoms with Crippen molar-refractivity contribution < 1.29 is 27.2 Å². The number of benzene rings is 1. The molecule has 12 heteroatoms. The Bertz CT molecular complexity index is 1200. The number of hydrogen-bond donors (Lipinski definition) is 2. The third-order valence-corrected chi connectivity index (χ3v) is 5.59. The molecule has 0 saturated carbocycles. The number of nitrogens with zero attached hydrogens (tertiary/aromatic N) is 4. The van der Waals surface area contributed by atoms with Gasteiger partial charge in [0.2, 0.25) is 5.96 Å². The Labute approximate surface area is 193 Å². The predicted octanol–water partition coefficient (Wildman–Crippen LogP) is 3.14. The normalized spacial score (nSPS) is 20.2. The fraction of sp³-hybridized carbons (Fsp3) is 0.409. The van der Waals surface area contributed by atoms with Gasteiger partial charge in [0, 0.05) is 31.3 Å². The van der Waals surface area contributed by atoms with E-state index < -0.39 is 17.3 Å². The van der Waals surface area contributed by atoms with Crippen molar-refractivity contribution in [1.29, 1.82) is 0 Å². The summed E-state index contributed by atoms with van der Waals surface area (Å²) >= 11 is 0. The zero-order valence-corrected chi connectivity index (χ0v) is 19.2. The summed E-state index contributed by atoms with van der Waals surface area (Å²) < 4.78 is 44.4. The molecule has 1 unspecified atom stereocenters. The van der Waals surface area contributed by atoms with Gasteiger partial charge in [-0.25, -0.2) is 10.5 Å². The van der Waals surface area contributed by atoms with Crippen molar-refractivity contribution >= 4 is 29.0 Å². The number of guanidine groups is 1. The summed E-state index contributed by atoms with van der Waals surface area (Å²) in [5.41, 5.74) is 2.56. The van der Waals surface area contributed by atoms with Crippen LogP contribution in [0.3, 0.4) is 0 Å². The summed E-state index contributed by atoms with van der Waals surface area (Å²) in [5.74, 6) is 0.0580. The summed E-state index contributed by atoms with van der Waals surface area (Å²) in [4.78, 5) is 30.4. The second kappa shape index (κ2) is 8.76. The van der Waals surface area contributed by atoms with Crippen molar-refractivity contribution in [3.05, 3.63) is 47.2 Å². The summed E-state index contributed by atoms with van der Waals surface area (Å²) in [7, 11) is 5.60. The Morgan fingerprint density at radius 2 is 2.09 bits per heavy atom. The Morgan fingerprint density at radius 1 is 1.32 bits per heavy atom. The number of carbonyl (C=O) groups excluding carboxylic acids is 1. The van der Waals surface area contributed by atoms with Crippen molar-refractivity contribution in [1.82, 2.24) is 20.3 Å². The van der Waals surface area contributed by atoms with Crippen LogP contribution in [0, 0.1) is 0 Å². The van der Waals surface area contributed by atoms with Crippen molar-refractivity contribution in [2.24, 2.45) is 4.99 Å². The topological polar surface area (TPSA) is 95.2 Å². The number of anilines is 1. The van der Waals surface area contributed by atoms with E-state index >= 15 is 0 Å². The maximum absolute atomic E-state index is 13.0. The third kappa shape index (κ3) is 4.77. The summed E-state index contributed by atoms with van der Waals surface area (Å²) in [5, 5.41) is 2.94. The highest BCUT2D eigenvalue weighted by atomic mass is 19.4. The number of aromatic nitrogens is 1. The van der Waals surface area contributed by atoms with Gasteiger partial charge in [-0.15, -0.1) is 0 Å². The van der Waals surface area contributed by atoms with E-state index in [0.717, 1.165) is 17.8 Å². The third-order valence-electron chi connectivity index (χ3n) is 5.59. The lowest BCUT2D eigenvalue weighted by atomic mass is 9.86. The van der Waals surface area contributed by atoms with E-state index in [9.17, 15) is 18.0 Å². The van der Waals surface area contributed by atoms with Crippen LogP contribution in [-0.4, -0.2) is 66.5 Å². The fourth-order valence-electron chi connectivity index (χ4n) is 3.80. The minimum atomic E-state index is -4.48. The van der Waals surface area contributed by atoms with Crippen molar-refractivity contribution in [2.75, 3.05) is 39.6 Å². The molecule has 2 N–H and O–H groups in total. The average molecular weight is 478 g/mol. The van der Waals surface area contributed by atoms with E-state index in [1.165, 1.54) is 6.07 Å². The highest BCUT2D eigenvalue weighted by molar-refractivity contribution is 5.98. The van der Waals surface area contributed by atoms with Gasteiger partial charge >= 0.3 is 12.2 Å². The molecule has 182 valence electrons. The van der Waals surface area contributed by atoms with Crippen molar-refractivity contribution in [3.8, 4) is 0 Å². The van der Waals surface area contributed by atoms with E-state index in [1.54, 1.807) is 24.1 Å². The van der Waals surface area contributed by atoms with E-state index in [2.05, 4.69) is 15.8 Å². The lowest BCUT2D eigenvalue weighted by molar-refractivity contribution is -0.137. The zero-order valence-electron chi connectivity index (χ0n) is 19.2. The lowest BCUT2D eigenvalue weighted by Crippen LogP contribution is -2.36. The molecule has 9 nitrogen and oxygen atoms in total. The first-order valence-electron chi connectivity index (χ1n) is 10.5. The van der Waals surface area contributed by atoms with Gasteiger partial charge in [0.1, 0.15) is 11.1 Å². The molecule has 1 aromatic heterocycles. The first kappa shape index (κ1) is 23.8. The number of oxazole rings is 1. The minimum Gasteiger partial charge on any atom is -0.423 e. The van der Waals surface area contributed by atoms with E-state index in [4.69, 9.17) is 14.2 Å². The highest BCUT2D eigenvalue weighted by Crippen LogP contribution is 2.39. The SMILES string of the molecule is CN(C)CCONC(=O)C1=CC=C2N(C)C(Nc3nc4ccc(C(F)(F)F)cc4o3)=NC2(C)C1. The molecule has 2 aromatic rings. The molecule has 1 aromatic carbocycles. The van der Waals surface area contributed by atoms with E-state index in [-0.39, 0.29) is 23.0 Å². The first-order valence-corrected chi connectivity index (χ1v) is 10.5. The van der Waals surface area contributed by atoms with Crippen LogP contribution in [0.2, 0.25) is 0 Å². The van der Waals surface area contributed by atoms with Crippen LogP contribution in [0.1, 0.15) is 18.9 Å². The molecule has 0 saturated heterocycles. The first-order chi connectivity index (χ1) is 16.0. The van der Waals surface area contributed by atoms with Crippen LogP contribution < -0.4 is 10.8 Å². The van der Waals surface area contributed by atoms with Crippen LogP contribution in [0.4, 0.5) is 19.2 Å². The summed E-state index contributed by atoms with van der Waals surface area (Å²) in [6.45, 7) is 2.91. The summed E-state index contributed by atoms with van der Waals surface area (Å²) in [6, 6.07) is 3.14. The fourth-order valence-corrected chi connectivity index (χ4v) is 3.80. The number of carbonyl (C=O) groups is 1. The van der Waals surface area contributed by atoms with E-state index in [1.807, 2.05) is 25.9 Å². The largest absolute Gasteiger partial charge is 0.423 e. The molecule has 0 radical (unpaired) electrons. The van der Waals surface area contributed by atoms with Gasteiger partial charge in [0.25, 0.3) is 5.91 Å². The van der Waals surface area contributed by atoms with Gasteiger partial charge < -0.3 is 14.2 Å². The van der Waals surface area contributed by atoms with Gasteiger partial charge in [-0.1, -0.05) is 6.08 Å². The van der Waals surface area contributed by atoms with Gasteiger partial charge in [-0.2, -0.15) is 18.2 Å². The molecule has 4 rings (SSSR count). The number of hydroxylamine groups is 1. The van der Waals surface area contributed by atoms with Crippen LogP contribution >= 0.6 is 0 Å². The molecule has 2 heterocycles. The van der Waals surface area contributed by atoms with Gasteiger partial charge in [0.05, 0.1) is 12.2 Å². The number of alkyl halides is 3. The van der Waals surface area contributed by atoms with Crippen molar-refractivity contribution in [3.63, 3.8) is 0 Å². The van der Waals surface area contributed by atoms with Gasteiger partial charge in [0.15, 0.2) is 5.58 Å². The molecule has 0 spiro atoms. The molecule has 2 aliphatic rings. The quantitative estimate of drug-likeness (QED) is 0.487. The van der Waals surface area contributed by atoms with Crippen molar-refractivity contribution in [2.45, 2.75) is 25.1 Å². The molecule has 1 amide bonds. The molecule has 0 bridgehead atoms. The molecular weight excluding hydrogens is 453 g/mol. The number of hydrogen-bond acceptors (Lipinski definition) is 8. The molecule has 34 heavy (non-hydrogen) atoms. The summed E-state index contributed by atoms with van der Waals surface area (Å²) in [6.07, 6.45) is -0.623. The van der Waals surface area contributed by atoms with Crippen LogP contribution in [0.25, 0.3) is 11.1 Å². The van der Waals surface area contributed by atoms with Crippen LogP contribution in [-0.2, 0) is 15.8 Å². The second-order valence-electron chi connectivity index (χ2n) is 8.60. The van der Waals surface area contributed by atoms with E-state index in [0.29, 0.717) is 31.1 Å². The number of aliphatic imine (C=N–C) groups is 1. The Morgan fingerprint density at radius 3 is 2.79 bits per heavy atom. The number of allylic oxidation sites excluding steroid dienone is 2. The zero-order chi connectivity index (χ0) is 24.7. The number of halogens is 3. The van der Waals surface area contributed by atoms with Crippen LogP contribution in [0.15, 0.2) is 51.0 Å². The number of likely N-dealkylation sites (N-methyl/N-ethyl adjacent to an activating group) is 2. The van der Waals surface area contributed by atoms with Gasteiger partial charge in [-0.05, 0) is 45.3 Å². The average Bonchev–Trinajstić information content (AvgIpc) is 3.26.